The van der Waals surface area contributed by atoms with Crippen molar-refractivity contribution in [2.75, 3.05) is 4.90 Å². The number of aromatic nitrogens is 1. The second-order valence-corrected chi connectivity index (χ2v) is 11.7. The molecule has 2 nitrogen and oxygen atoms in total. The van der Waals surface area contributed by atoms with E-state index in [2.05, 4.69) is 191 Å². The van der Waals surface area contributed by atoms with Crippen molar-refractivity contribution in [1.82, 2.24) is 4.57 Å². The average Bonchev–Trinajstić information content (AvgIpc) is 3.48. The minimum atomic E-state index is 1.14. The fourth-order valence-electron chi connectivity index (χ4n) is 7.18. The highest BCUT2D eigenvalue weighted by atomic mass is 15.2. The van der Waals surface area contributed by atoms with Crippen LogP contribution in [0, 0.1) is 0 Å². The first kappa shape index (κ1) is 26.3. The van der Waals surface area contributed by atoms with Crippen molar-refractivity contribution in [3.05, 3.63) is 182 Å². The highest BCUT2D eigenvalue weighted by Crippen LogP contribution is 2.49. The van der Waals surface area contributed by atoms with Crippen molar-refractivity contribution in [3.8, 4) is 16.8 Å². The van der Waals surface area contributed by atoms with E-state index in [9.17, 15) is 0 Å². The maximum Gasteiger partial charge on any atom is 0.0562 e. The Labute approximate surface area is 268 Å². The highest BCUT2D eigenvalue weighted by Gasteiger charge is 2.24. The van der Waals surface area contributed by atoms with Gasteiger partial charge in [-0.05, 0) is 64.2 Å². The van der Waals surface area contributed by atoms with Crippen LogP contribution in [0.1, 0.15) is 0 Å². The van der Waals surface area contributed by atoms with E-state index < -0.39 is 0 Å². The van der Waals surface area contributed by atoms with Gasteiger partial charge in [-0.3, -0.25) is 0 Å². The van der Waals surface area contributed by atoms with Crippen LogP contribution in [0.25, 0.3) is 60.2 Å². The Morgan fingerprint density at radius 2 is 0.957 bits per heavy atom. The van der Waals surface area contributed by atoms with E-state index in [1.54, 1.807) is 0 Å². The van der Waals surface area contributed by atoms with Gasteiger partial charge in [0.2, 0.25) is 0 Å². The molecule has 0 amide bonds. The third-order valence-corrected chi connectivity index (χ3v) is 9.15. The number of para-hydroxylation sites is 3. The maximum atomic E-state index is 2.50. The molecular weight excluding hydrogens is 556 g/mol. The highest BCUT2D eigenvalue weighted by molar-refractivity contribution is 6.20. The summed E-state index contributed by atoms with van der Waals surface area (Å²) in [5, 5.41) is 7.39. The van der Waals surface area contributed by atoms with Gasteiger partial charge in [-0.15, -0.1) is 0 Å². The van der Waals surface area contributed by atoms with Gasteiger partial charge < -0.3 is 9.47 Å². The molecule has 0 aliphatic rings. The van der Waals surface area contributed by atoms with Gasteiger partial charge in [-0.1, -0.05) is 140 Å². The molecule has 8 aromatic carbocycles. The molecule has 0 spiro atoms. The largest absolute Gasteiger partial charge is 0.309 e. The Morgan fingerprint density at radius 1 is 0.370 bits per heavy atom. The number of benzene rings is 8. The van der Waals surface area contributed by atoms with E-state index in [1.165, 1.54) is 54.5 Å². The first-order valence-corrected chi connectivity index (χ1v) is 15.8. The number of hydrogen-bond donors (Lipinski definition) is 0. The number of anilines is 3. The summed E-state index contributed by atoms with van der Waals surface area (Å²) in [5.74, 6) is 0. The summed E-state index contributed by atoms with van der Waals surface area (Å²) in [6.07, 6.45) is 0. The zero-order chi connectivity index (χ0) is 30.5. The third kappa shape index (κ3) is 4.12. The van der Waals surface area contributed by atoms with Gasteiger partial charge in [0.25, 0.3) is 0 Å². The van der Waals surface area contributed by atoms with Crippen LogP contribution >= 0.6 is 0 Å². The van der Waals surface area contributed by atoms with E-state index in [0.717, 1.165) is 22.7 Å². The molecule has 0 N–H and O–H groups in total. The van der Waals surface area contributed by atoms with Gasteiger partial charge in [0.05, 0.1) is 28.1 Å². The fraction of sp³-hybridized carbons (Fsp3) is 0. The third-order valence-electron chi connectivity index (χ3n) is 9.15. The molecule has 9 rings (SSSR count). The van der Waals surface area contributed by atoms with Crippen molar-refractivity contribution in [2.45, 2.75) is 0 Å². The molecule has 0 bridgehead atoms. The molecule has 1 heterocycles. The molecule has 0 radical (unpaired) electrons. The van der Waals surface area contributed by atoms with Crippen LogP contribution < -0.4 is 4.90 Å². The molecule has 0 aliphatic heterocycles. The lowest BCUT2D eigenvalue weighted by Gasteiger charge is -2.30. The predicted octanol–water partition coefficient (Wildman–Crippen LogP) is 12.2. The predicted molar refractivity (Wildman–Crippen MR) is 196 cm³/mol. The minimum absolute atomic E-state index is 1.14. The van der Waals surface area contributed by atoms with Crippen LogP contribution in [-0.4, -0.2) is 4.57 Å². The topological polar surface area (TPSA) is 8.17 Å². The van der Waals surface area contributed by atoms with Crippen LogP contribution in [0.4, 0.5) is 17.1 Å². The SMILES string of the molecule is c1ccc(-c2ccccc2N(c2cc3ccccc3c3ccccc23)c2cccc3c2c2ccccc2n3-c2ccccc2)cc1. The molecule has 0 atom stereocenters. The van der Waals surface area contributed by atoms with E-state index in [0.29, 0.717) is 0 Å². The molecule has 1 aromatic heterocycles. The zero-order valence-electron chi connectivity index (χ0n) is 25.2. The second-order valence-electron chi connectivity index (χ2n) is 11.7. The first-order valence-electron chi connectivity index (χ1n) is 15.8. The van der Waals surface area contributed by atoms with Crippen molar-refractivity contribution in [3.63, 3.8) is 0 Å². The molecule has 2 heteroatoms. The van der Waals surface area contributed by atoms with Gasteiger partial charge >= 0.3 is 0 Å². The Balaban J connectivity index is 1.45. The minimum Gasteiger partial charge on any atom is -0.309 e. The van der Waals surface area contributed by atoms with Gasteiger partial charge in [-0.2, -0.15) is 0 Å². The summed E-state index contributed by atoms with van der Waals surface area (Å²) in [7, 11) is 0. The molecule has 0 aliphatic carbocycles. The van der Waals surface area contributed by atoms with E-state index in [-0.39, 0.29) is 0 Å². The van der Waals surface area contributed by atoms with Crippen LogP contribution in [0.5, 0.6) is 0 Å². The van der Waals surface area contributed by atoms with Gasteiger partial charge in [0, 0.05) is 27.4 Å². The van der Waals surface area contributed by atoms with E-state index >= 15 is 0 Å². The van der Waals surface area contributed by atoms with E-state index in [1.807, 2.05) is 0 Å². The number of rotatable bonds is 5. The van der Waals surface area contributed by atoms with Gasteiger partial charge in [-0.25, -0.2) is 0 Å². The van der Waals surface area contributed by atoms with Crippen LogP contribution in [0.3, 0.4) is 0 Å². The zero-order valence-corrected chi connectivity index (χ0v) is 25.2. The molecule has 9 aromatic rings. The van der Waals surface area contributed by atoms with Crippen molar-refractivity contribution in [2.24, 2.45) is 0 Å². The number of hydrogen-bond acceptors (Lipinski definition) is 1. The summed E-state index contributed by atoms with van der Waals surface area (Å²) in [6.45, 7) is 0. The molecule has 0 saturated carbocycles. The summed E-state index contributed by atoms with van der Waals surface area (Å²) < 4.78 is 2.40. The van der Waals surface area contributed by atoms with Crippen LogP contribution in [0.2, 0.25) is 0 Å². The van der Waals surface area contributed by atoms with Gasteiger partial charge in [0.1, 0.15) is 0 Å². The quantitative estimate of drug-likeness (QED) is 0.182. The molecule has 0 unspecified atom stereocenters. The fourth-order valence-corrected chi connectivity index (χ4v) is 7.18. The Hall–Kier alpha value is -6.12. The number of nitrogens with zero attached hydrogens (tertiary/aromatic N) is 2. The maximum absolute atomic E-state index is 2.50. The summed E-state index contributed by atoms with van der Waals surface area (Å²) >= 11 is 0. The lowest BCUT2D eigenvalue weighted by Crippen LogP contribution is -2.12. The number of fused-ring (bicyclic) bond motifs is 6. The van der Waals surface area contributed by atoms with Crippen molar-refractivity contribution >= 4 is 60.4 Å². The summed E-state index contributed by atoms with van der Waals surface area (Å²) in [4.78, 5) is 2.50. The lowest BCUT2D eigenvalue weighted by atomic mass is 9.97. The van der Waals surface area contributed by atoms with Crippen LogP contribution in [0.15, 0.2) is 182 Å². The van der Waals surface area contributed by atoms with Gasteiger partial charge in [0.15, 0.2) is 0 Å². The summed E-state index contributed by atoms with van der Waals surface area (Å²) in [5.41, 5.74) is 9.33. The molecule has 46 heavy (non-hydrogen) atoms. The monoisotopic (exact) mass is 586 g/mol. The Morgan fingerprint density at radius 3 is 1.78 bits per heavy atom. The van der Waals surface area contributed by atoms with E-state index in [4.69, 9.17) is 0 Å². The first-order chi connectivity index (χ1) is 22.9. The Bertz CT molecular complexity index is 2530. The van der Waals surface area contributed by atoms with Crippen molar-refractivity contribution in [1.29, 1.82) is 0 Å². The Kier molecular flexibility index (Phi) is 6.17. The van der Waals surface area contributed by atoms with Crippen molar-refractivity contribution < 1.29 is 0 Å². The average molecular weight is 587 g/mol. The lowest BCUT2D eigenvalue weighted by molar-refractivity contribution is 1.18. The molecular formula is C44H30N2. The smallest absolute Gasteiger partial charge is 0.0562 e. The second kappa shape index (κ2) is 10.8. The van der Waals surface area contributed by atoms with Crippen LogP contribution in [-0.2, 0) is 0 Å². The standard InChI is InChI=1S/C44H30N2/c1-3-16-31(17-4-1)35-22-11-13-26-39(35)46(43-30-32-18-7-8-21-34(32)36-23-9-10-24-37(36)43)42-29-15-28-41-44(42)38-25-12-14-27-40(38)45(41)33-19-5-2-6-20-33/h1-30H. The molecule has 216 valence electrons. The summed E-state index contributed by atoms with van der Waals surface area (Å²) in [6, 6.07) is 65.7. The normalized spacial score (nSPS) is 11.5. The molecule has 0 saturated heterocycles. The molecule has 0 fully saturated rings.